The molecule has 1 heterocycles. The third kappa shape index (κ3) is 3.46. The zero-order valence-electron chi connectivity index (χ0n) is 11.5. The summed E-state index contributed by atoms with van der Waals surface area (Å²) in [4.78, 5) is 22.8. The van der Waals surface area contributed by atoms with Gasteiger partial charge in [0, 0.05) is 12.1 Å². The Kier molecular flexibility index (Phi) is 4.52. The van der Waals surface area contributed by atoms with Crippen LogP contribution in [0.25, 0.3) is 0 Å². The number of amides is 2. The number of carbonyl (C=O) groups excluding carboxylic acids is 1. The van der Waals surface area contributed by atoms with Crippen LogP contribution in [0.2, 0.25) is 0 Å². The fourth-order valence-corrected chi connectivity index (χ4v) is 1.51. The van der Waals surface area contributed by atoms with Crippen LogP contribution in [0.1, 0.15) is 37.3 Å². The number of urea groups is 1. The van der Waals surface area contributed by atoms with E-state index in [0.29, 0.717) is 17.9 Å². The molecule has 0 aliphatic heterocycles. The molecule has 0 fully saturated rings. The van der Waals surface area contributed by atoms with Crippen molar-refractivity contribution in [1.82, 2.24) is 15.8 Å². The van der Waals surface area contributed by atoms with E-state index in [-0.39, 0.29) is 6.54 Å². The van der Waals surface area contributed by atoms with E-state index in [1.54, 1.807) is 20.8 Å². The van der Waals surface area contributed by atoms with Crippen LogP contribution >= 0.6 is 0 Å². The van der Waals surface area contributed by atoms with Crippen LogP contribution in [0.5, 0.6) is 0 Å². The number of nitrogens with zero attached hydrogens (tertiary/aromatic N) is 1. The maximum Gasteiger partial charge on any atom is 0.329 e. The fraction of sp³-hybridized carbons (Fsp3) is 0.583. The Morgan fingerprint density at radius 1 is 1.42 bits per heavy atom. The molecule has 0 saturated carbocycles. The van der Waals surface area contributed by atoms with Crippen LogP contribution in [0, 0.1) is 13.8 Å². The highest BCUT2D eigenvalue weighted by molar-refractivity contribution is 5.85. The zero-order chi connectivity index (χ0) is 14.6. The summed E-state index contributed by atoms with van der Waals surface area (Å²) in [6, 6.07) is -0.535. The van der Waals surface area contributed by atoms with E-state index < -0.39 is 17.5 Å². The van der Waals surface area contributed by atoms with Gasteiger partial charge in [-0.25, -0.2) is 9.59 Å². The number of rotatable bonds is 5. The Balaban J connectivity index is 2.60. The summed E-state index contributed by atoms with van der Waals surface area (Å²) in [6.45, 7) is 6.93. The third-order valence-corrected chi connectivity index (χ3v) is 3.18. The van der Waals surface area contributed by atoms with Gasteiger partial charge in [0.05, 0.1) is 5.69 Å². The van der Waals surface area contributed by atoms with Gasteiger partial charge in [-0.1, -0.05) is 12.1 Å². The number of nitrogens with one attached hydrogen (secondary N) is 2. The second-order valence-electron chi connectivity index (χ2n) is 4.60. The molecule has 1 unspecified atom stereocenters. The molecule has 0 aromatic carbocycles. The van der Waals surface area contributed by atoms with Crippen molar-refractivity contribution in [3.63, 3.8) is 0 Å². The van der Waals surface area contributed by atoms with Gasteiger partial charge in [-0.05, 0) is 27.2 Å². The van der Waals surface area contributed by atoms with E-state index in [9.17, 15) is 9.59 Å². The van der Waals surface area contributed by atoms with Gasteiger partial charge in [0.1, 0.15) is 11.3 Å². The summed E-state index contributed by atoms with van der Waals surface area (Å²) in [5, 5.41) is 17.9. The monoisotopic (exact) mass is 269 g/mol. The molecule has 3 N–H and O–H groups in total. The SMILES string of the molecule is CCC(C)(NC(=O)NCc1c(C)noc1C)C(=O)O. The molecule has 7 heteroatoms. The second kappa shape index (κ2) is 5.73. The number of hydrogen-bond acceptors (Lipinski definition) is 4. The quantitative estimate of drug-likeness (QED) is 0.748. The van der Waals surface area contributed by atoms with Gasteiger partial charge in [0.25, 0.3) is 0 Å². The lowest BCUT2D eigenvalue weighted by molar-refractivity contribution is -0.143. The number of carbonyl (C=O) groups is 2. The first kappa shape index (κ1) is 15.0. The smallest absolute Gasteiger partial charge is 0.329 e. The van der Waals surface area contributed by atoms with E-state index in [1.807, 2.05) is 0 Å². The number of carboxylic acids is 1. The first-order valence-electron chi connectivity index (χ1n) is 6.01. The molecule has 19 heavy (non-hydrogen) atoms. The molecule has 0 spiro atoms. The average Bonchev–Trinajstić information content (AvgIpc) is 2.66. The number of aliphatic carboxylic acids is 1. The van der Waals surface area contributed by atoms with Crippen LogP contribution in [0.4, 0.5) is 4.79 Å². The van der Waals surface area contributed by atoms with E-state index >= 15 is 0 Å². The van der Waals surface area contributed by atoms with Crippen molar-refractivity contribution < 1.29 is 19.2 Å². The number of hydrogen-bond donors (Lipinski definition) is 3. The van der Waals surface area contributed by atoms with Crippen LogP contribution < -0.4 is 10.6 Å². The van der Waals surface area contributed by atoms with Crippen LogP contribution in [-0.4, -0.2) is 27.8 Å². The van der Waals surface area contributed by atoms with Gasteiger partial charge >= 0.3 is 12.0 Å². The topological polar surface area (TPSA) is 104 Å². The molecule has 2 amide bonds. The first-order valence-corrected chi connectivity index (χ1v) is 6.01. The molecule has 1 aromatic heterocycles. The lowest BCUT2D eigenvalue weighted by Gasteiger charge is -2.24. The predicted octanol–water partition coefficient (Wildman–Crippen LogP) is 1.34. The minimum atomic E-state index is -1.27. The summed E-state index contributed by atoms with van der Waals surface area (Å²) < 4.78 is 4.97. The van der Waals surface area contributed by atoms with Crippen LogP contribution in [-0.2, 0) is 11.3 Å². The Labute approximate surface area is 111 Å². The van der Waals surface area contributed by atoms with Crippen molar-refractivity contribution in [2.24, 2.45) is 0 Å². The Hall–Kier alpha value is -2.05. The standard InChI is InChI=1S/C12H19N3O4/c1-5-12(4,10(16)17)14-11(18)13-6-9-7(2)15-19-8(9)3/h5-6H2,1-4H3,(H,16,17)(H2,13,14,18). The molecule has 0 bridgehead atoms. The number of aromatic nitrogens is 1. The van der Waals surface area contributed by atoms with Crippen molar-refractivity contribution in [1.29, 1.82) is 0 Å². The van der Waals surface area contributed by atoms with Gasteiger partial charge in [0.15, 0.2) is 0 Å². The van der Waals surface area contributed by atoms with Crippen molar-refractivity contribution in [3.05, 3.63) is 17.0 Å². The molecule has 0 saturated heterocycles. The minimum Gasteiger partial charge on any atom is -0.480 e. The Morgan fingerprint density at radius 2 is 2.05 bits per heavy atom. The highest BCUT2D eigenvalue weighted by Crippen LogP contribution is 2.12. The molecule has 1 atom stereocenters. The molecular formula is C12H19N3O4. The second-order valence-corrected chi connectivity index (χ2v) is 4.60. The highest BCUT2D eigenvalue weighted by Gasteiger charge is 2.32. The van der Waals surface area contributed by atoms with E-state index in [1.165, 1.54) is 6.92 Å². The fourth-order valence-electron chi connectivity index (χ4n) is 1.51. The predicted molar refractivity (Wildman–Crippen MR) is 67.7 cm³/mol. The van der Waals surface area contributed by atoms with Gasteiger partial charge in [-0.2, -0.15) is 0 Å². The van der Waals surface area contributed by atoms with Crippen LogP contribution in [0.15, 0.2) is 4.52 Å². The molecular weight excluding hydrogens is 250 g/mol. The summed E-state index contributed by atoms with van der Waals surface area (Å²) in [6.07, 6.45) is 0.293. The van der Waals surface area contributed by atoms with Gasteiger partial charge in [-0.15, -0.1) is 0 Å². The molecule has 0 aliphatic rings. The first-order chi connectivity index (χ1) is 8.80. The van der Waals surface area contributed by atoms with Crippen molar-refractivity contribution in [2.45, 2.75) is 46.2 Å². The lowest BCUT2D eigenvalue weighted by atomic mass is 10.00. The van der Waals surface area contributed by atoms with Gasteiger partial charge in [0.2, 0.25) is 0 Å². The highest BCUT2D eigenvalue weighted by atomic mass is 16.5. The molecule has 1 aromatic rings. The zero-order valence-corrected chi connectivity index (χ0v) is 11.5. The van der Waals surface area contributed by atoms with Crippen molar-refractivity contribution in [3.8, 4) is 0 Å². The lowest BCUT2D eigenvalue weighted by Crippen LogP contribution is -2.54. The Morgan fingerprint density at radius 3 is 2.47 bits per heavy atom. The minimum absolute atomic E-state index is 0.242. The number of aryl methyl sites for hydroxylation is 2. The van der Waals surface area contributed by atoms with E-state index in [0.717, 1.165) is 5.56 Å². The van der Waals surface area contributed by atoms with Crippen molar-refractivity contribution in [2.75, 3.05) is 0 Å². The van der Waals surface area contributed by atoms with E-state index in [2.05, 4.69) is 15.8 Å². The summed E-state index contributed by atoms with van der Waals surface area (Å²) >= 11 is 0. The summed E-state index contributed by atoms with van der Waals surface area (Å²) in [7, 11) is 0. The van der Waals surface area contributed by atoms with Crippen LogP contribution in [0.3, 0.4) is 0 Å². The van der Waals surface area contributed by atoms with E-state index in [4.69, 9.17) is 9.63 Å². The molecule has 0 radical (unpaired) electrons. The molecule has 7 nitrogen and oxygen atoms in total. The Bertz CT molecular complexity index is 464. The normalized spacial score (nSPS) is 13.7. The average molecular weight is 269 g/mol. The van der Waals surface area contributed by atoms with Gasteiger partial charge < -0.3 is 20.3 Å². The maximum atomic E-state index is 11.7. The summed E-state index contributed by atoms with van der Waals surface area (Å²) in [5.41, 5.74) is 0.223. The van der Waals surface area contributed by atoms with Gasteiger partial charge in [-0.3, -0.25) is 0 Å². The number of carboxylic acid groups (broad SMARTS) is 1. The molecule has 106 valence electrons. The van der Waals surface area contributed by atoms with Crippen molar-refractivity contribution >= 4 is 12.0 Å². The third-order valence-electron chi connectivity index (χ3n) is 3.18. The maximum absolute atomic E-state index is 11.7. The molecule has 1 rings (SSSR count). The molecule has 0 aliphatic carbocycles. The largest absolute Gasteiger partial charge is 0.480 e. The summed E-state index contributed by atoms with van der Waals surface area (Å²) in [5.74, 6) is -0.434.